The number of sulfonamides is 1. The van der Waals surface area contributed by atoms with Crippen molar-refractivity contribution in [3.63, 3.8) is 0 Å². The number of rotatable bonds is 3. The normalized spacial score (nSPS) is 11.6. The maximum absolute atomic E-state index is 11.5. The van der Waals surface area contributed by atoms with Gasteiger partial charge < -0.3 is 0 Å². The number of aryl methyl sites for hydroxylation is 1. The van der Waals surface area contributed by atoms with E-state index in [1.54, 1.807) is 28.9 Å². The molecule has 0 aliphatic carbocycles. The Hall–Kier alpha value is -1.66. The number of hydrogen-bond acceptors (Lipinski definition) is 3. The summed E-state index contributed by atoms with van der Waals surface area (Å²) < 4.78 is 27.0. The number of nitrogens with one attached hydrogen (secondary N) is 1. The maximum atomic E-state index is 11.5. The molecular formula is C11H13N3O2S. The van der Waals surface area contributed by atoms with Gasteiger partial charge in [0.2, 0.25) is 10.0 Å². The van der Waals surface area contributed by atoms with Crippen LogP contribution in [0.2, 0.25) is 0 Å². The van der Waals surface area contributed by atoms with E-state index in [-0.39, 0.29) is 4.90 Å². The van der Waals surface area contributed by atoms with E-state index in [0.717, 1.165) is 11.3 Å². The molecule has 0 saturated heterocycles. The lowest BCUT2D eigenvalue weighted by Gasteiger charge is -2.03. The number of benzene rings is 1. The van der Waals surface area contributed by atoms with Crippen molar-refractivity contribution in [3.05, 3.63) is 36.5 Å². The smallest absolute Gasteiger partial charge is 0.240 e. The second-order valence-electron chi connectivity index (χ2n) is 3.61. The largest absolute Gasteiger partial charge is 0.275 e. The van der Waals surface area contributed by atoms with Crippen LogP contribution in [-0.4, -0.2) is 25.2 Å². The molecule has 1 aromatic carbocycles. The second-order valence-corrected chi connectivity index (χ2v) is 5.49. The molecule has 17 heavy (non-hydrogen) atoms. The minimum atomic E-state index is -3.37. The molecule has 6 heteroatoms. The summed E-state index contributed by atoms with van der Waals surface area (Å²) in [6, 6.07) is 8.49. The molecule has 0 unspecified atom stereocenters. The lowest BCUT2D eigenvalue weighted by molar-refractivity contribution is 0.588. The molecule has 1 N–H and O–H groups in total. The van der Waals surface area contributed by atoms with Crippen LogP contribution in [0, 0.1) is 0 Å². The third kappa shape index (κ3) is 2.37. The van der Waals surface area contributed by atoms with Crippen LogP contribution in [0.5, 0.6) is 0 Å². The van der Waals surface area contributed by atoms with Gasteiger partial charge in [0.15, 0.2) is 0 Å². The molecule has 1 heterocycles. The van der Waals surface area contributed by atoms with Crippen molar-refractivity contribution in [2.24, 2.45) is 7.05 Å². The Kier molecular flexibility index (Phi) is 2.99. The molecule has 0 spiro atoms. The lowest BCUT2D eigenvalue weighted by Crippen LogP contribution is -2.18. The molecule has 2 rings (SSSR count). The summed E-state index contributed by atoms with van der Waals surface area (Å²) in [6.07, 6.45) is 1.84. The zero-order chi connectivity index (χ0) is 12.5. The van der Waals surface area contributed by atoms with E-state index >= 15 is 0 Å². The molecule has 90 valence electrons. The van der Waals surface area contributed by atoms with E-state index in [0.29, 0.717) is 0 Å². The second kappa shape index (κ2) is 4.31. The first-order chi connectivity index (χ1) is 8.03. The molecule has 2 aromatic rings. The van der Waals surface area contributed by atoms with Gasteiger partial charge in [-0.25, -0.2) is 13.1 Å². The highest BCUT2D eigenvalue weighted by Gasteiger charge is 2.11. The summed E-state index contributed by atoms with van der Waals surface area (Å²) in [6.45, 7) is 0. The van der Waals surface area contributed by atoms with Crippen LogP contribution >= 0.6 is 0 Å². The fraction of sp³-hybridized carbons (Fsp3) is 0.182. The highest BCUT2D eigenvalue weighted by atomic mass is 32.2. The van der Waals surface area contributed by atoms with Gasteiger partial charge in [0.1, 0.15) is 0 Å². The number of hydrogen-bond donors (Lipinski definition) is 1. The summed E-state index contributed by atoms with van der Waals surface area (Å²) in [7, 11) is -0.140. The maximum Gasteiger partial charge on any atom is 0.240 e. The monoisotopic (exact) mass is 251 g/mol. The van der Waals surface area contributed by atoms with Crippen molar-refractivity contribution < 1.29 is 8.42 Å². The van der Waals surface area contributed by atoms with Crippen molar-refractivity contribution in [1.29, 1.82) is 0 Å². The van der Waals surface area contributed by atoms with Gasteiger partial charge >= 0.3 is 0 Å². The Morgan fingerprint density at radius 2 is 1.82 bits per heavy atom. The van der Waals surface area contributed by atoms with Crippen LogP contribution in [0.3, 0.4) is 0 Å². The summed E-state index contributed by atoms with van der Waals surface area (Å²) in [5.74, 6) is 0. The molecule has 0 amide bonds. The molecule has 0 radical (unpaired) electrons. The molecule has 0 aliphatic rings. The average Bonchev–Trinajstić information content (AvgIpc) is 2.76. The van der Waals surface area contributed by atoms with Gasteiger partial charge in [0.25, 0.3) is 0 Å². The van der Waals surface area contributed by atoms with Crippen LogP contribution in [-0.2, 0) is 17.1 Å². The summed E-state index contributed by atoms with van der Waals surface area (Å²) >= 11 is 0. The Morgan fingerprint density at radius 1 is 1.18 bits per heavy atom. The zero-order valence-electron chi connectivity index (χ0n) is 9.58. The Balaban J connectivity index is 2.37. The fourth-order valence-corrected chi connectivity index (χ4v) is 2.22. The summed E-state index contributed by atoms with van der Waals surface area (Å²) in [4.78, 5) is 0.250. The first kappa shape index (κ1) is 11.8. The first-order valence-corrected chi connectivity index (χ1v) is 6.55. The third-order valence-electron chi connectivity index (χ3n) is 2.44. The van der Waals surface area contributed by atoms with Gasteiger partial charge in [0, 0.05) is 18.8 Å². The van der Waals surface area contributed by atoms with E-state index < -0.39 is 10.0 Å². The van der Waals surface area contributed by atoms with Gasteiger partial charge in [0.05, 0.1) is 10.6 Å². The molecule has 0 saturated carbocycles. The van der Waals surface area contributed by atoms with Gasteiger partial charge in [-0.3, -0.25) is 4.68 Å². The molecule has 0 bridgehead atoms. The van der Waals surface area contributed by atoms with E-state index in [9.17, 15) is 8.42 Å². The topological polar surface area (TPSA) is 64.0 Å². The molecule has 1 aromatic heterocycles. The van der Waals surface area contributed by atoms with Crippen molar-refractivity contribution in [1.82, 2.24) is 14.5 Å². The minimum Gasteiger partial charge on any atom is -0.275 e. The zero-order valence-corrected chi connectivity index (χ0v) is 10.4. The standard InChI is InChI=1S/C11H13N3O2S/c1-12-17(15,16)10-5-3-9(4-6-10)11-7-8-14(2)13-11/h3-8,12H,1-2H3. The Labute approximate surface area is 100 Å². The van der Waals surface area contributed by atoms with Gasteiger partial charge in [-0.1, -0.05) is 12.1 Å². The highest BCUT2D eigenvalue weighted by Crippen LogP contribution is 2.19. The van der Waals surface area contributed by atoms with E-state index in [4.69, 9.17) is 0 Å². The van der Waals surface area contributed by atoms with E-state index in [1.165, 1.54) is 7.05 Å². The van der Waals surface area contributed by atoms with Gasteiger partial charge in [-0.2, -0.15) is 5.10 Å². The minimum absolute atomic E-state index is 0.250. The molecule has 0 fully saturated rings. The third-order valence-corrected chi connectivity index (χ3v) is 3.87. The predicted octanol–water partition coefficient (Wildman–Crippen LogP) is 0.995. The van der Waals surface area contributed by atoms with Crippen LogP contribution in [0.4, 0.5) is 0 Å². The van der Waals surface area contributed by atoms with Crippen molar-refractivity contribution in [3.8, 4) is 11.3 Å². The predicted molar refractivity (Wildman–Crippen MR) is 64.9 cm³/mol. The average molecular weight is 251 g/mol. The van der Waals surface area contributed by atoms with Crippen molar-refractivity contribution in [2.45, 2.75) is 4.90 Å². The Morgan fingerprint density at radius 3 is 2.29 bits per heavy atom. The van der Waals surface area contributed by atoms with Crippen molar-refractivity contribution in [2.75, 3.05) is 7.05 Å². The molecule has 5 nitrogen and oxygen atoms in total. The lowest BCUT2D eigenvalue weighted by atomic mass is 10.2. The van der Waals surface area contributed by atoms with Crippen LogP contribution < -0.4 is 4.72 Å². The highest BCUT2D eigenvalue weighted by molar-refractivity contribution is 7.89. The van der Waals surface area contributed by atoms with Crippen LogP contribution in [0.1, 0.15) is 0 Å². The quantitative estimate of drug-likeness (QED) is 0.885. The first-order valence-electron chi connectivity index (χ1n) is 5.06. The molecule has 0 aliphatic heterocycles. The number of aromatic nitrogens is 2. The van der Waals surface area contributed by atoms with Gasteiger partial charge in [-0.05, 0) is 25.2 Å². The Bertz CT molecular complexity index is 614. The molecular weight excluding hydrogens is 238 g/mol. The number of nitrogens with zero attached hydrogens (tertiary/aromatic N) is 2. The van der Waals surface area contributed by atoms with Crippen molar-refractivity contribution >= 4 is 10.0 Å². The SMILES string of the molecule is CNS(=O)(=O)c1ccc(-c2ccn(C)n2)cc1. The fourth-order valence-electron chi connectivity index (χ4n) is 1.49. The van der Waals surface area contributed by atoms with E-state index in [2.05, 4.69) is 9.82 Å². The van der Waals surface area contributed by atoms with Crippen LogP contribution in [0.15, 0.2) is 41.4 Å². The molecule has 0 atom stereocenters. The van der Waals surface area contributed by atoms with Gasteiger partial charge in [-0.15, -0.1) is 0 Å². The summed E-state index contributed by atoms with van der Waals surface area (Å²) in [5, 5.41) is 4.24. The van der Waals surface area contributed by atoms with Crippen LogP contribution in [0.25, 0.3) is 11.3 Å². The van der Waals surface area contributed by atoms with E-state index in [1.807, 2.05) is 19.3 Å². The summed E-state index contributed by atoms with van der Waals surface area (Å²) in [5.41, 5.74) is 1.71.